The zero-order chi connectivity index (χ0) is 19.7. The first-order chi connectivity index (χ1) is 13.6. The maximum atomic E-state index is 10.6. The van der Waals surface area contributed by atoms with Crippen LogP contribution in [0.25, 0.3) is 0 Å². The van der Waals surface area contributed by atoms with Crippen LogP contribution in [-0.4, -0.2) is 36.5 Å². The number of piperazine rings is 1. The molecule has 1 heterocycles. The Balaban J connectivity index is 1.78. The Morgan fingerprint density at radius 1 is 0.750 bits per heavy atom. The van der Waals surface area contributed by atoms with Crippen LogP contribution >= 0.6 is 0 Å². The van der Waals surface area contributed by atoms with Gasteiger partial charge in [-0.05, 0) is 49.2 Å². The fourth-order valence-corrected chi connectivity index (χ4v) is 4.54. The van der Waals surface area contributed by atoms with Crippen molar-refractivity contribution in [3.8, 4) is 23.0 Å². The first-order valence-corrected chi connectivity index (χ1v) is 9.86. The average Bonchev–Trinajstić information content (AvgIpc) is 2.73. The molecule has 1 saturated heterocycles. The predicted molar refractivity (Wildman–Crippen MR) is 107 cm³/mol. The summed E-state index contributed by atoms with van der Waals surface area (Å²) >= 11 is 0. The topological polar surface area (TPSA) is 83.0 Å². The van der Waals surface area contributed by atoms with Crippen molar-refractivity contribution in [1.82, 2.24) is 10.6 Å². The van der Waals surface area contributed by atoms with Crippen molar-refractivity contribution in [3.05, 3.63) is 47.5 Å². The number of rotatable bonds is 4. The standard InChI is InChI=1S/C22H28N2O4/c1-27-13-7-9-19(25)15(11-13)21-22(16-12-14(28-2)8-10-20(16)26)24-18-6-4-3-5-17(18)23-21/h7-12,17-18,21-26H,3-6H2,1-2H3/t17-,18-,21+,22+/m0/s1. The molecule has 2 aromatic carbocycles. The van der Waals surface area contributed by atoms with Gasteiger partial charge in [-0.3, -0.25) is 0 Å². The van der Waals surface area contributed by atoms with E-state index in [1.54, 1.807) is 38.5 Å². The van der Waals surface area contributed by atoms with Gasteiger partial charge in [0, 0.05) is 23.2 Å². The number of nitrogens with one attached hydrogen (secondary N) is 2. The van der Waals surface area contributed by atoms with Crippen LogP contribution in [0.4, 0.5) is 0 Å². The number of hydrogen-bond acceptors (Lipinski definition) is 6. The number of ether oxygens (including phenoxy) is 2. The molecule has 0 bridgehead atoms. The molecule has 1 saturated carbocycles. The molecule has 0 aromatic heterocycles. The second-order valence-corrected chi connectivity index (χ2v) is 7.64. The summed E-state index contributed by atoms with van der Waals surface area (Å²) in [6, 6.07) is 10.8. The molecule has 1 aliphatic heterocycles. The van der Waals surface area contributed by atoms with Gasteiger partial charge in [0.25, 0.3) is 0 Å². The second kappa shape index (κ2) is 7.89. The third-order valence-corrected chi connectivity index (χ3v) is 6.03. The van der Waals surface area contributed by atoms with Gasteiger partial charge in [-0.15, -0.1) is 0 Å². The fourth-order valence-electron chi connectivity index (χ4n) is 4.54. The van der Waals surface area contributed by atoms with Gasteiger partial charge in [-0.1, -0.05) is 12.8 Å². The highest BCUT2D eigenvalue weighted by Gasteiger charge is 2.40. The number of aromatic hydroxyl groups is 2. The second-order valence-electron chi connectivity index (χ2n) is 7.64. The van der Waals surface area contributed by atoms with E-state index in [2.05, 4.69) is 10.6 Å². The molecule has 4 rings (SSSR count). The van der Waals surface area contributed by atoms with Crippen LogP contribution in [0.3, 0.4) is 0 Å². The minimum Gasteiger partial charge on any atom is -0.508 e. The zero-order valence-corrected chi connectivity index (χ0v) is 16.3. The lowest BCUT2D eigenvalue weighted by Crippen LogP contribution is -2.59. The summed E-state index contributed by atoms with van der Waals surface area (Å²) in [7, 11) is 3.23. The minimum atomic E-state index is -0.215. The van der Waals surface area contributed by atoms with Gasteiger partial charge in [0.15, 0.2) is 0 Å². The van der Waals surface area contributed by atoms with Crippen molar-refractivity contribution in [2.24, 2.45) is 0 Å². The SMILES string of the molecule is COc1ccc(O)c([C@H]2N[C@H]3CCCC[C@@H]3N[C@@H]2c2cc(OC)ccc2O)c1. The molecule has 0 spiro atoms. The van der Waals surface area contributed by atoms with Crippen molar-refractivity contribution in [1.29, 1.82) is 0 Å². The Labute approximate surface area is 165 Å². The van der Waals surface area contributed by atoms with Crippen molar-refractivity contribution < 1.29 is 19.7 Å². The highest BCUT2D eigenvalue weighted by molar-refractivity contribution is 5.47. The highest BCUT2D eigenvalue weighted by Crippen LogP contribution is 2.43. The molecule has 2 aliphatic rings. The van der Waals surface area contributed by atoms with Gasteiger partial charge in [0.05, 0.1) is 26.3 Å². The van der Waals surface area contributed by atoms with Gasteiger partial charge >= 0.3 is 0 Å². The fraction of sp³-hybridized carbons (Fsp3) is 0.455. The number of phenolic OH excluding ortho intramolecular Hbond substituents is 2. The van der Waals surface area contributed by atoms with Crippen LogP contribution in [0, 0.1) is 0 Å². The Kier molecular flexibility index (Phi) is 5.33. The molecule has 1 aliphatic carbocycles. The van der Waals surface area contributed by atoms with E-state index in [1.807, 2.05) is 12.1 Å². The molecule has 28 heavy (non-hydrogen) atoms. The first kappa shape index (κ1) is 18.9. The van der Waals surface area contributed by atoms with E-state index >= 15 is 0 Å². The number of fused-ring (bicyclic) bond motifs is 1. The summed E-state index contributed by atoms with van der Waals surface area (Å²) < 4.78 is 10.8. The summed E-state index contributed by atoms with van der Waals surface area (Å²) in [5.74, 6) is 1.80. The molecule has 150 valence electrons. The van der Waals surface area contributed by atoms with Crippen molar-refractivity contribution in [3.63, 3.8) is 0 Å². The lowest BCUT2D eigenvalue weighted by Gasteiger charge is -2.46. The number of benzene rings is 2. The minimum absolute atomic E-state index is 0.210. The zero-order valence-electron chi connectivity index (χ0n) is 16.3. The predicted octanol–water partition coefficient (Wildman–Crippen LogP) is 3.40. The van der Waals surface area contributed by atoms with E-state index < -0.39 is 0 Å². The van der Waals surface area contributed by atoms with E-state index in [0.29, 0.717) is 23.6 Å². The van der Waals surface area contributed by atoms with E-state index in [0.717, 1.165) is 24.0 Å². The van der Waals surface area contributed by atoms with Gasteiger partial charge in [0.1, 0.15) is 23.0 Å². The molecule has 0 unspecified atom stereocenters. The van der Waals surface area contributed by atoms with Crippen molar-refractivity contribution in [2.45, 2.75) is 49.9 Å². The van der Waals surface area contributed by atoms with Crippen molar-refractivity contribution >= 4 is 0 Å². The molecular formula is C22H28N2O4. The summed E-state index contributed by atoms with van der Waals surface area (Å²) in [5.41, 5.74) is 1.51. The van der Waals surface area contributed by atoms with Crippen molar-refractivity contribution in [2.75, 3.05) is 14.2 Å². The summed E-state index contributed by atoms with van der Waals surface area (Å²) in [6.45, 7) is 0. The van der Waals surface area contributed by atoms with Crippen LogP contribution in [-0.2, 0) is 0 Å². The lowest BCUT2D eigenvalue weighted by atomic mass is 9.81. The Bertz CT molecular complexity index is 772. The monoisotopic (exact) mass is 384 g/mol. The lowest BCUT2D eigenvalue weighted by molar-refractivity contribution is 0.165. The highest BCUT2D eigenvalue weighted by atomic mass is 16.5. The smallest absolute Gasteiger partial charge is 0.120 e. The Hall–Kier alpha value is -2.44. The quantitative estimate of drug-likeness (QED) is 0.647. The summed E-state index contributed by atoms with van der Waals surface area (Å²) in [5, 5.41) is 28.7. The maximum absolute atomic E-state index is 10.6. The Morgan fingerprint density at radius 3 is 1.57 bits per heavy atom. The van der Waals surface area contributed by atoms with Gasteiger partial charge in [-0.2, -0.15) is 0 Å². The largest absolute Gasteiger partial charge is 0.508 e. The van der Waals surface area contributed by atoms with Crippen LogP contribution in [0.15, 0.2) is 36.4 Å². The van der Waals surface area contributed by atoms with Gasteiger partial charge in [-0.25, -0.2) is 0 Å². The third kappa shape index (κ3) is 3.50. The summed E-state index contributed by atoms with van der Waals surface area (Å²) in [6.07, 6.45) is 4.58. The van der Waals surface area contributed by atoms with Crippen LogP contribution in [0.5, 0.6) is 23.0 Å². The van der Waals surface area contributed by atoms with Gasteiger partial charge < -0.3 is 30.3 Å². The number of methoxy groups -OCH3 is 2. The van der Waals surface area contributed by atoms with E-state index in [-0.39, 0.29) is 23.6 Å². The average molecular weight is 384 g/mol. The van der Waals surface area contributed by atoms with Crippen LogP contribution in [0.2, 0.25) is 0 Å². The van der Waals surface area contributed by atoms with E-state index in [1.165, 1.54) is 12.8 Å². The van der Waals surface area contributed by atoms with E-state index in [9.17, 15) is 10.2 Å². The van der Waals surface area contributed by atoms with Gasteiger partial charge in [0.2, 0.25) is 0 Å². The molecular weight excluding hydrogens is 356 g/mol. The molecule has 4 atom stereocenters. The first-order valence-electron chi connectivity index (χ1n) is 9.86. The van der Waals surface area contributed by atoms with E-state index in [4.69, 9.17) is 9.47 Å². The normalized spacial score (nSPS) is 27.1. The maximum Gasteiger partial charge on any atom is 0.120 e. The molecule has 6 nitrogen and oxygen atoms in total. The molecule has 2 fully saturated rings. The molecule has 0 amide bonds. The molecule has 0 radical (unpaired) electrons. The molecule has 2 aromatic rings. The van der Waals surface area contributed by atoms with Crippen LogP contribution < -0.4 is 20.1 Å². The Morgan fingerprint density at radius 2 is 1.18 bits per heavy atom. The molecule has 6 heteroatoms. The third-order valence-electron chi connectivity index (χ3n) is 6.03. The molecule has 4 N–H and O–H groups in total. The summed E-state index contributed by atoms with van der Waals surface area (Å²) in [4.78, 5) is 0. The van der Waals surface area contributed by atoms with Crippen LogP contribution in [0.1, 0.15) is 48.9 Å². The number of hydrogen-bond donors (Lipinski definition) is 4. The number of phenols is 2.